The molecule has 1 saturated heterocycles. The number of piperidine rings is 1. The van der Waals surface area contributed by atoms with E-state index in [1.165, 1.54) is 0 Å². The molecule has 0 saturated carbocycles. The van der Waals surface area contributed by atoms with Crippen LogP contribution >= 0.6 is 0 Å². The van der Waals surface area contributed by atoms with Gasteiger partial charge in [0.2, 0.25) is 5.91 Å². The minimum atomic E-state index is -5.08. The second-order valence-corrected chi connectivity index (χ2v) is 11.3. The second-order valence-electron chi connectivity index (χ2n) is 9.46. The van der Waals surface area contributed by atoms with Gasteiger partial charge in [0.05, 0.1) is 28.6 Å². The lowest BCUT2D eigenvalue weighted by Crippen LogP contribution is -2.46. The Bertz CT molecular complexity index is 1320. The minimum Gasteiger partial charge on any atom is -0.475 e. The largest absolute Gasteiger partial charge is 0.490 e. The van der Waals surface area contributed by atoms with Gasteiger partial charge in [-0.05, 0) is 68.9 Å². The van der Waals surface area contributed by atoms with E-state index in [2.05, 4.69) is 4.90 Å². The molecule has 15 heteroatoms. The lowest BCUT2D eigenvalue weighted by Gasteiger charge is -2.36. The summed E-state index contributed by atoms with van der Waals surface area (Å²) in [6.07, 6.45) is -7.94. The van der Waals surface area contributed by atoms with Crippen LogP contribution in [-0.2, 0) is 25.8 Å². The molecule has 0 spiro atoms. The Hall–Kier alpha value is -3.33. The smallest absolute Gasteiger partial charge is 0.475 e. The van der Waals surface area contributed by atoms with Gasteiger partial charge in [0.1, 0.15) is 0 Å². The van der Waals surface area contributed by atoms with Crippen LogP contribution in [0.3, 0.4) is 0 Å². The van der Waals surface area contributed by atoms with Crippen molar-refractivity contribution in [3.8, 4) is 0 Å². The van der Waals surface area contributed by atoms with E-state index in [1.807, 2.05) is 7.05 Å². The number of fused-ring (bicyclic) bond motifs is 1. The Morgan fingerprint density at radius 3 is 1.98 bits per heavy atom. The predicted molar refractivity (Wildman–Crippen MR) is 132 cm³/mol. The van der Waals surface area contributed by atoms with Crippen LogP contribution in [0, 0.1) is 0 Å². The summed E-state index contributed by atoms with van der Waals surface area (Å²) in [5.41, 5.74) is 0.0707. The van der Waals surface area contributed by atoms with Gasteiger partial charge in [0.15, 0.2) is 0 Å². The van der Waals surface area contributed by atoms with Gasteiger partial charge in [-0.1, -0.05) is 18.2 Å². The molecule has 1 amide bonds. The zero-order valence-electron chi connectivity index (χ0n) is 21.4. The fraction of sp³-hybridized carbons (Fsp3) is 0.440. The molecule has 2 aromatic rings. The van der Waals surface area contributed by atoms with Crippen molar-refractivity contribution in [1.82, 2.24) is 9.80 Å². The molecule has 220 valence electrons. The lowest BCUT2D eigenvalue weighted by atomic mass is 9.97. The predicted octanol–water partition coefficient (Wildman–Crippen LogP) is 4.18. The van der Waals surface area contributed by atoms with Crippen LogP contribution in [0.25, 0.3) is 0 Å². The molecule has 2 aliphatic rings. The minimum absolute atomic E-state index is 0.0847. The van der Waals surface area contributed by atoms with Crippen LogP contribution in [0.15, 0.2) is 53.4 Å². The summed E-state index contributed by atoms with van der Waals surface area (Å²) in [7, 11) is -0.355. The Balaban J connectivity index is 0.000000559. The van der Waals surface area contributed by atoms with Gasteiger partial charge in [-0.15, -0.1) is 0 Å². The summed E-state index contributed by atoms with van der Waals surface area (Å²) in [5.74, 6) is -3.58. The number of carboxylic acid groups (broad SMARTS) is 1. The standard InChI is InChI=1S/C23H26F3N3O3S.C2HF3O2/c1-27-13-11-17(12-14-27)28(2)22(30)20-15-29(21-6-4-3-5-19(20)21)33(31,32)18-9-7-16(8-10-18)23(24,25)26;3-2(4,5)1(6)7/h3-10,17,20H,11-15H2,1-2H3;(H,6,7). The summed E-state index contributed by atoms with van der Waals surface area (Å²) in [6.45, 7) is 1.69. The molecular weight excluding hydrogens is 568 g/mol. The SMILES string of the molecule is CN1CCC(N(C)C(=O)C2CN(S(=O)(=O)c3ccc(C(F)(F)F)cc3)c3ccccc32)CC1.O=C(O)C(F)(F)F. The number of hydrogen-bond donors (Lipinski definition) is 1. The summed E-state index contributed by atoms with van der Waals surface area (Å²) < 4.78 is 98.3. The van der Waals surface area contributed by atoms with E-state index in [-0.39, 0.29) is 23.4 Å². The molecule has 2 aliphatic heterocycles. The molecular formula is C25H27F6N3O5S. The number of likely N-dealkylation sites (tertiary alicyclic amines) is 1. The van der Waals surface area contributed by atoms with Crippen molar-refractivity contribution in [3.05, 3.63) is 59.7 Å². The van der Waals surface area contributed by atoms with Crippen molar-refractivity contribution in [2.45, 2.75) is 42.0 Å². The Labute approximate surface area is 226 Å². The number of carboxylic acids is 1. The molecule has 8 nitrogen and oxygen atoms in total. The maximum Gasteiger partial charge on any atom is 0.490 e. The number of hydrogen-bond acceptors (Lipinski definition) is 5. The van der Waals surface area contributed by atoms with E-state index in [4.69, 9.17) is 9.90 Å². The van der Waals surface area contributed by atoms with Crippen LogP contribution in [0.2, 0.25) is 0 Å². The highest BCUT2D eigenvalue weighted by atomic mass is 32.2. The molecule has 40 heavy (non-hydrogen) atoms. The second kappa shape index (κ2) is 11.6. The van der Waals surface area contributed by atoms with Crippen LogP contribution < -0.4 is 4.31 Å². The van der Waals surface area contributed by atoms with Crippen molar-refractivity contribution in [3.63, 3.8) is 0 Å². The van der Waals surface area contributed by atoms with E-state index in [0.29, 0.717) is 11.3 Å². The third-order valence-electron chi connectivity index (χ3n) is 6.82. The quantitative estimate of drug-likeness (QED) is 0.533. The number of carbonyl (C=O) groups excluding carboxylic acids is 1. The zero-order chi connectivity index (χ0) is 30.0. The van der Waals surface area contributed by atoms with E-state index in [9.17, 15) is 39.6 Å². The van der Waals surface area contributed by atoms with Gasteiger partial charge in [0.25, 0.3) is 10.0 Å². The van der Waals surface area contributed by atoms with Gasteiger partial charge in [-0.25, -0.2) is 13.2 Å². The van der Waals surface area contributed by atoms with E-state index >= 15 is 0 Å². The van der Waals surface area contributed by atoms with Gasteiger partial charge in [0, 0.05) is 13.1 Å². The Kier molecular flexibility index (Phi) is 9.09. The molecule has 0 aliphatic carbocycles. The third-order valence-corrected chi connectivity index (χ3v) is 8.62. The number of likely N-dealkylation sites (N-methyl/N-ethyl adjacent to an activating group) is 1. The van der Waals surface area contributed by atoms with Crippen LogP contribution in [-0.4, -0.2) is 81.1 Å². The summed E-state index contributed by atoms with van der Waals surface area (Å²) >= 11 is 0. The van der Waals surface area contributed by atoms with Crippen LogP contribution in [0.4, 0.5) is 32.0 Å². The zero-order valence-corrected chi connectivity index (χ0v) is 22.2. The first kappa shape index (κ1) is 31.2. The number of halogens is 6. The van der Waals surface area contributed by atoms with Crippen LogP contribution in [0.5, 0.6) is 0 Å². The van der Waals surface area contributed by atoms with Gasteiger partial charge in [-0.2, -0.15) is 26.3 Å². The van der Waals surface area contributed by atoms with Crippen molar-refractivity contribution >= 4 is 27.6 Å². The number of benzene rings is 2. The van der Waals surface area contributed by atoms with Crippen molar-refractivity contribution in [1.29, 1.82) is 0 Å². The highest BCUT2D eigenvalue weighted by Gasteiger charge is 2.42. The molecule has 0 radical (unpaired) electrons. The maximum absolute atomic E-state index is 13.4. The van der Waals surface area contributed by atoms with Crippen molar-refractivity contribution in [2.24, 2.45) is 0 Å². The lowest BCUT2D eigenvalue weighted by molar-refractivity contribution is -0.192. The van der Waals surface area contributed by atoms with Crippen LogP contribution in [0.1, 0.15) is 29.9 Å². The van der Waals surface area contributed by atoms with Crippen molar-refractivity contribution < 1.29 is 49.5 Å². The fourth-order valence-electron chi connectivity index (χ4n) is 4.56. The van der Waals surface area contributed by atoms with Gasteiger partial charge < -0.3 is 14.9 Å². The third kappa shape index (κ3) is 6.86. The molecule has 1 fully saturated rings. The number of amides is 1. The van der Waals surface area contributed by atoms with E-state index in [1.54, 1.807) is 36.2 Å². The summed E-state index contributed by atoms with van der Waals surface area (Å²) in [4.78, 5) is 26.0. The normalized spacial score (nSPS) is 18.5. The molecule has 2 aromatic carbocycles. The fourth-order valence-corrected chi connectivity index (χ4v) is 6.07. The molecule has 1 atom stereocenters. The number of rotatable bonds is 4. The first-order valence-corrected chi connectivity index (χ1v) is 13.4. The Morgan fingerprint density at radius 2 is 1.48 bits per heavy atom. The van der Waals surface area contributed by atoms with E-state index in [0.717, 1.165) is 54.5 Å². The number of anilines is 1. The highest BCUT2D eigenvalue weighted by Crippen LogP contribution is 2.41. The average molecular weight is 596 g/mol. The summed E-state index contributed by atoms with van der Waals surface area (Å²) in [5, 5.41) is 7.12. The highest BCUT2D eigenvalue weighted by molar-refractivity contribution is 7.92. The number of sulfonamides is 1. The number of aliphatic carboxylic acids is 1. The topological polar surface area (TPSA) is 98.2 Å². The number of nitrogens with zero attached hydrogens (tertiary/aromatic N) is 3. The number of para-hydroxylation sites is 1. The monoisotopic (exact) mass is 595 g/mol. The van der Waals surface area contributed by atoms with E-state index < -0.39 is 39.8 Å². The molecule has 4 rings (SSSR count). The molecule has 1 N–H and O–H groups in total. The first-order chi connectivity index (χ1) is 18.4. The maximum atomic E-state index is 13.4. The molecule has 0 bridgehead atoms. The summed E-state index contributed by atoms with van der Waals surface area (Å²) in [6, 6.07) is 10.3. The molecule has 2 heterocycles. The molecule has 1 unspecified atom stereocenters. The van der Waals surface area contributed by atoms with Crippen molar-refractivity contribution in [2.75, 3.05) is 38.0 Å². The first-order valence-electron chi connectivity index (χ1n) is 12.0. The average Bonchev–Trinajstić information content (AvgIpc) is 3.28. The van der Waals surface area contributed by atoms with Gasteiger partial charge in [-0.3, -0.25) is 9.10 Å². The van der Waals surface area contributed by atoms with Gasteiger partial charge >= 0.3 is 18.3 Å². The number of alkyl halides is 6. The Morgan fingerprint density at radius 1 is 0.950 bits per heavy atom. The number of carbonyl (C=O) groups is 2. The molecule has 0 aromatic heterocycles.